The lowest BCUT2D eigenvalue weighted by molar-refractivity contribution is 0.355. The van der Waals surface area contributed by atoms with Crippen LogP contribution in [0.4, 0.5) is 0 Å². The average molecular weight is 327 g/mol. The van der Waals surface area contributed by atoms with Crippen LogP contribution in [0, 0.1) is 0 Å². The van der Waals surface area contributed by atoms with Crippen molar-refractivity contribution < 1.29 is 9.47 Å². The molecule has 0 aliphatic carbocycles. The van der Waals surface area contributed by atoms with E-state index < -0.39 is 0 Å². The Bertz CT molecular complexity index is 873. The predicted molar refractivity (Wildman–Crippen MR) is 95.1 cm³/mol. The summed E-state index contributed by atoms with van der Waals surface area (Å²) in [6.45, 7) is 0.430. The van der Waals surface area contributed by atoms with Crippen LogP contribution in [0.1, 0.15) is 0 Å². The van der Waals surface area contributed by atoms with E-state index in [0.29, 0.717) is 23.0 Å². The van der Waals surface area contributed by atoms with Gasteiger partial charge in [-0.1, -0.05) is 24.4 Å². The smallest absolute Gasteiger partial charge is 0.161 e. The third-order valence-electron chi connectivity index (χ3n) is 3.61. The highest BCUT2D eigenvalue weighted by molar-refractivity contribution is 7.80. The van der Waals surface area contributed by atoms with Gasteiger partial charge in [0, 0.05) is 5.56 Å². The zero-order valence-electron chi connectivity index (χ0n) is 12.9. The van der Waals surface area contributed by atoms with Gasteiger partial charge in [0.2, 0.25) is 0 Å². The number of hydrogen-bond acceptors (Lipinski definition) is 4. The van der Waals surface area contributed by atoms with Crippen LogP contribution in [0.15, 0.2) is 42.5 Å². The molecule has 0 amide bonds. The normalized spacial score (nSPS) is 10.7. The SMILES string of the molecule is COc1ccc(-c2nc3ccccc3n2CC(N)=S)cc1OC. The molecule has 6 heteroatoms. The zero-order valence-corrected chi connectivity index (χ0v) is 13.8. The van der Waals surface area contributed by atoms with E-state index >= 15 is 0 Å². The van der Waals surface area contributed by atoms with Crippen LogP contribution in [-0.2, 0) is 6.54 Å². The number of hydrogen-bond donors (Lipinski definition) is 1. The fraction of sp³-hybridized carbons (Fsp3) is 0.176. The van der Waals surface area contributed by atoms with Gasteiger partial charge in [-0.2, -0.15) is 0 Å². The Morgan fingerprint density at radius 3 is 2.57 bits per heavy atom. The number of nitrogens with zero attached hydrogens (tertiary/aromatic N) is 2. The monoisotopic (exact) mass is 327 g/mol. The van der Waals surface area contributed by atoms with Crippen molar-refractivity contribution in [3.63, 3.8) is 0 Å². The van der Waals surface area contributed by atoms with Gasteiger partial charge < -0.3 is 19.8 Å². The van der Waals surface area contributed by atoms with Crippen LogP contribution in [-0.4, -0.2) is 28.8 Å². The van der Waals surface area contributed by atoms with Crippen molar-refractivity contribution in [3.8, 4) is 22.9 Å². The van der Waals surface area contributed by atoms with Crippen molar-refractivity contribution in [1.82, 2.24) is 9.55 Å². The molecule has 0 saturated carbocycles. The van der Waals surface area contributed by atoms with Gasteiger partial charge in [-0.25, -0.2) is 4.98 Å². The fourth-order valence-corrected chi connectivity index (χ4v) is 2.72. The number of para-hydroxylation sites is 2. The summed E-state index contributed by atoms with van der Waals surface area (Å²) in [6, 6.07) is 13.6. The summed E-state index contributed by atoms with van der Waals surface area (Å²) in [5.41, 5.74) is 8.56. The standard InChI is InChI=1S/C17H17N3O2S/c1-21-14-8-7-11(9-15(14)22-2)17-19-12-5-3-4-6-13(12)20(17)10-16(18)23/h3-9H,10H2,1-2H3,(H2,18,23). The summed E-state index contributed by atoms with van der Waals surface area (Å²) in [4.78, 5) is 5.13. The van der Waals surface area contributed by atoms with Crippen LogP contribution >= 0.6 is 12.2 Å². The van der Waals surface area contributed by atoms with E-state index in [1.807, 2.05) is 47.0 Å². The molecule has 23 heavy (non-hydrogen) atoms. The van der Waals surface area contributed by atoms with E-state index in [4.69, 9.17) is 32.4 Å². The average Bonchev–Trinajstić information content (AvgIpc) is 2.92. The minimum absolute atomic E-state index is 0.412. The van der Waals surface area contributed by atoms with Gasteiger partial charge in [-0.05, 0) is 30.3 Å². The zero-order chi connectivity index (χ0) is 16.4. The molecule has 5 nitrogen and oxygen atoms in total. The third-order valence-corrected chi connectivity index (χ3v) is 3.74. The molecular weight excluding hydrogens is 310 g/mol. The van der Waals surface area contributed by atoms with Crippen LogP contribution in [0.25, 0.3) is 22.4 Å². The topological polar surface area (TPSA) is 62.3 Å². The first-order valence-corrected chi connectivity index (χ1v) is 7.51. The molecule has 0 bridgehead atoms. The number of ether oxygens (including phenoxy) is 2. The van der Waals surface area contributed by atoms with Crippen LogP contribution < -0.4 is 15.2 Å². The minimum atomic E-state index is 0.412. The predicted octanol–water partition coefficient (Wildman–Crippen LogP) is 3.01. The number of benzene rings is 2. The fourth-order valence-electron chi connectivity index (χ4n) is 2.59. The maximum absolute atomic E-state index is 5.76. The second-order valence-electron chi connectivity index (χ2n) is 5.05. The third kappa shape index (κ3) is 2.85. The van der Waals surface area contributed by atoms with Crippen LogP contribution in [0.5, 0.6) is 11.5 Å². The number of imidazole rings is 1. The maximum Gasteiger partial charge on any atom is 0.161 e. The van der Waals surface area contributed by atoms with Gasteiger partial charge in [0.25, 0.3) is 0 Å². The first-order chi connectivity index (χ1) is 11.1. The summed E-state index contributed by atoms with van der Waals surface area (Å²) in [7, 11) is 3.22. The number of aromatic nitrogens is 2. The molecule has 3 aromatic rings. The summed E-state index contributed by atoms with van der Waals surface area (Å²) < 4.78 is 12.7. The lowest BCUT2D eigenvalue weighted by Gasteiger charge is -2.11. The number of rotatable bonds is 5. The molecule has 3 rings (SSSR count). The number of fused-ring (bicyclic) bond motifs is 1. The first kappa shape index (κ1) is 15.3. The molecule has 0 fully saturated rings. The lowest BCUT2D eigenvalue weighted by atomic mass is 10.2. The number of thiocarbonyl (C=S) groups is 1. The minimum Gasteiger partial charge on any atom is -0.493 e. The Hall–Kier alpha value is -2.60. The summed E-state index contributed by atoms with van der Waals surface area (Å²) in [5.74, 6) is 2.12. The van der Waals surface area contributed by atoms with Crippen molar-refractivity contribution in [2.75, 3.05) is 14.2 Å². The molecule has 0 unspecified atom stereocenters. The Labute approximate surface area is 139 Å². The van der Waals surface area contributed by atoms with Gasteiger partial charge in [0.1, 0.15) is 5.82 Å². The number of nitrogens with two attached hydrogens (primary N) is 1. The molecular formula is C17H17N3O2S. The summed E-state index contributed by atoms with van der Waals surface area (Å²) >= 11 is 5.09. The van der Waals surface area contributed by atoms with Crippen molar-refractivity contribution >= 4 is 28.2 Å². The van der Waals surface area contributed by atoms with Crippen molar-refractivity contribution in [1.29, 1.82) is 0 Å². The van der Waals surface area contributed by atoms with Gasteiger partial charge in [0.15, 0.2) is 11.5 Å². The highest BCUT2D eigenvalue weighted by Crippen LogP contribution is 2.33. The van der Waals surface area contributed by atoms with Gasteiger partial charge in [0.05, 0.1) is 36.8 Å². The quantitative estimate of drug-likeness (QED) is 0.730. The van der Waals surface area contributed by atoms with Crippen molar-refractivity contribution in [2.45, 2.75) is 6.54 Å². The Balaban J connectivity index is 2.21. The molecule has 0 aliphatic heterocycles. The lowest BCUT2D eigenvalue weighted by Crippen LogP contribution is -2.17. The van der Waals surface area contributed by atoms with Gasteiger partial charge in [-0.3, -0.25) is 0 Å². The first-order valence-electron chi connectivity index (χ1n) is 7.10. The Morgan fingerprint density at radius 2 is 1.87 bits per heavy atom. The molecule has 0 saturated heterocycles. The van der Waals surface area contributed by atoms with E-state index in [-0.39, 0.29) is 0 Å². The molecule has 1 aromatic heterocycles. The van der Waals surface area contributed by atoms with Crippen LogP contribution in [0.2, 0.25) is 0 Å². The molecule has 1 heterocycles. The van der Waals surface area contributed by atoms with Gasteiger partial charge >= 0.3 is 0 Å². The number of methoxy groups -OCH3 is 2. The maximum atomic E-state index is 5.76. The molecule has 0 spiro atoms. The van der Waals surface area contributed by atoms with E-state index in [9.17, 15) is 0 Å². The second kappa shape index (κ2) is 6.26. The molecule has 0 radical (unpaired) electrons. The molecule has 0 aliphatic rings. The summed E-state index contributed by atoms with van der Waals surface area (Å²) in [6.07, 6.45) is 0. The Morgan fingerprint density at radius 1 is 1.13 bits per heavy atom. The van der Waals surface area contributed by atoms with E-state index in [0.717, 1.165) is 22.4 Å². The van der Waals surface area contributed by atoms with Crippen molar-refractivity contribution in [3.05, 3.63) is 42.5 Å². The van der Waals surface area contributed by atoms with E-state index in [1.165, 1.54) is 0 Å². The molecule has 2 aromatic carbocycles. The summed E-state index contributed by atoms with van der Waals surface area (Å²) in [5, 5.41) is 0. The van der Waals surface area contributed by atoms with Gasteiger partial charge in [-0.15, -0.1) is 0 Å². The van der Waals surface area contributed by atoms with E-state index in [2.05, 4.69) is 0 Å². The molecule has 2 N–H and O–H groups in total. The van der Waals surface area contributed by atoms with Crippen molar-refractivity contribution in [2.24, 2.45) is 5.73 Å². The Kier molecular flexibility index (Phi) is 4.16. The molecule has 0 atom stereocenters. The highest BCUT2D eigenvalue weighted by Gasteiger charge is 2.15. The van der Waals surface area contributed by atoms with E-state index in [1.54, 1.807) is 14.2 Å². The largest absolute Gasteiger partial charge is 0.493 e. The molecule has 118 valence electrons. The second-order valence-corrected chi connectivity index (χ2v) is 5.57. The highest BCUT2D eigenvalue weighted by atomic mass is 32.1. The van der Waals surface area contributed by atoms with Crippen LogP contribution in [0.3, 0.4) is 0 Å².